The molecular formula is C17H13N3O3. The van der Waals surface area contributed by atoms with Crippen LogP contribution in [0.4, 0.5) is 5.82 Å². The normalized spacial score (nSPS) is 10.5. The van der Waals surface area contributed by atoms with E-state index in [1.807, 2.05) is 25.1 Å². The maximum absolute atomic E-state index is 12.5. The number of benzene rings is 1. The van der Waals surface area contributed by atoms with E-state index >= 15 is 0 Å². The Balaban J connectivity index is 2.02. The van der Waals surface area contributed by atoms with Gasteiger partial charge in [0.15, 0.2) is 0 Å². The summed E-state index contributed by atoms with van der Waals surface area (Å²) >= 11 is 0. The number of aryl methyl sites for hydroxylation is 1. The highest BCUT2D eigenvalue weighted by molar-refractivity contribution is 6.13. The van der Waals surface area contributed by atoms with Crippen molar-refractivity contribution < 1.29 is 14.7 Å². The zero-order chi connectivity index (χ0) is 16.4. The Kier molecular flexibility index (Phi) is 3.72. The lowest BCUT2D eigenvalue weighted by atomic mass is 10.1. The summed E-state index contributed by atoms with van der Waals surface area (Å²) in [6.45, 7) is 1.84. The highest BCUT2D eigenvalue weighted by atomic mass is 16.4. The molecule has 23 heavy (non-hydrogen) atoms. The number of para-hydroxylation sites is 1. The first-order chi connectivity index (χ1) is 11.1. The van der Waals surface area contributed by atoms with Crippen molar-refractivity contribution in [3.8, 4) is 0 Å². The molecule has 0 radical (unpaired) electrons. The quantitative estimate of drug-likeness (QED) is 0.776. The molecule has 1 aromatic carbocycles. The lowest BCUT2D eigenvalue weighted by molar-refractivity contribution is 0.0697. The van der Waals surface area contributed by atoms with Crippen molar-refractivity contribution in [3.05, 3.63) is 65.5 Å². The van der Waals surface area contributed by atoms with Crippen LogP contribution in [0.1, 0.15) is 26.4 Å². The molecule has 0 spiro atoms. The lowest BCUT2D eigenvalue weighted by Crippen LogP contribution is -2.16. The Morgan fingerprint density at radius 1 is 1.04 bits per heavy atom. The molecular weight excluding hydrogens is 294 g/mol. The van der Waals surface area contributed by atoms with Gasteiger partial charge in [0, 0.05) is 17.3 Å². The van der Waals surface area contributed by atoms with Crippen LogP contribution in [0.2, 0.25) is 0 Å². The van der Waals surface area contributed by atoms with Crippen LogP contribution in [-0.4, -0.2) is 27.0 Å². The summed E-state index contributed by atoms with van der Waals surface area (Å²) in [5.74, 6) is -1.59. The second-order valence-electron chi connectivity index (χ2n) is 4.99. The minimum Gasteiger partial charge on any atom is -0.478 e. The molecule has 0 atom stereocenters. The van der Waals surface area contributed by atoms with Crippen LogP contribution in [0.3, 0.4) is 0 Å². The zero-order valence-electron chi connectivity index (χ0n) is 12.3. The first kappa shape index (κ1) is 14.6. The van der Waals surface area contributed by atoms with Gasteiger partial charge in [0.2, 0.25) is 0 Å². The molecule has 0 saturated carbocycles. The summed E-state index contributed by atoms with van der Waals surface area (Å²) < 4.78 is 0. The SMILES string of the molecule is Cc1ccc2cccc(C(=O)Nc3ncccc3C(=O)O)c2n1. The van der Waals surface area contributed by atoms with Gasteiger partial charge in [-0.05, 0) is 31.2 Å². The predicted molar refractivity (Wildman–Crippen MR) is 85.6 cm³/mol. The third-order valence-electron chi connectivity index (χ3n) is 3.37. The van der Waals surface area contributed by atoms with E-state index in [-0.39, 0.29) is 11.4 Å². The summed E-state index contributed by atoms with van der Waals surface area (Å²) in [4.78, 5) is 32.1. The zero-order valence-corrected chi connectivity index (χ0v) is 12.3. The van der Waals surface area contributed by atoms with Gasteiger partial charge >= 0.3 is 5.97 Å². The van der Waals surface area contributed by atoms with E-state index in [1.165, 1.54) is 18.3 Å². The standard InChI is InChI=1S/C17H13N3O3/c1-10-7-8-11-4-2-5-12(14(11)19-10)16(21)20-15-13(17(22)23)6-3-9-18-15/h2-9H,1H3,(H,22,23)(H,18,20,21). The number of hydrogen-bond acceptors (Lipinski definition) is 4. The lowest BCUT2D eigenvalue weighted by Gasteiger charge is -2.09. The second kappa shape index (κ2) is 5.84. The maximum atomic E-state index is 12.5. The van der Waals surface area contributed by atoms with Gasteiger partial charge in [-0.3, -0.25) is 9.78 Å². The van der Waals surface area contributed by atoms with Crippen LogP contribution in [0.25, 0.3) is 10.9 Å². The highest BCUT2D eigenvalue weighted by Crippen LogP contribution is 2.19. The van der Waals surface area contributed by atoms with Gasteiger partial charge < -0.3 is 10.4 Å². The largest absolute Gasteiger partial charge is 0.478 e. The molecule has 0 aliphatic carbocycles. The molecule has 2 heterocycles. The van der Waals surface area contributed by atoms with Gasteiger partial charge in [0.25, 0.3) is 5.91 Å². The number of pyridine rings is 2. The number of nitrogens with zero attached hydrogens (tertiary/aromatic N) is 2. The van der Waals surface area contributed by atoms with Gasteiger partial charge in [-0.25, -0.2) is 9.78 Å². The van der Waals surface area contributed by atoms with Crippen molar-refractivity contribution in [1.29, 1.82) is 0 Å². The number of hydrogen-bond donors (Lipinski definition) is 2. The monoisotopic (exact) mass is 307 g/mol. The molecule has 0 bridgehead atoms. The summed E-state index contributed by atoms with van der Waals surface area (Å²) in [5.41, 5.74) is 1.66. The molecule has 0 saturated heterocycles. The number of anilines is 1. The van der Waals surface area contributed by atoms with Gasteiger partial charge in [-0.2, -0.15) is 0 Å². The van der Waals surface area contributed by atoms with Gasteiger partial charge in [-0.1, -0.05) is 18.2 Å². The van der Waals surface area contributed by atoms with Crippen molar-refractivity contribution in [1.82, 2.24) is 9.97 Å². The molecule has 6 heteroatoms. The Bertz CT molecular complexity index is 922. The number of amides is 1. The van der Waals surface area contributed by atoms with Gasteiger partial charge in [0.05, 0.1) is 11.1 Å². The van der Waals surface area contributed by atoms with Crippen molar-refractivity contribution in [2.75, 3.05) is 5.32 Å². The van der Waals surface area contributed by atoms with Crippen molar-refractivity contribution in [2.24, 2.45) is 0 Å². The van der Waals surface area contributed by atoms with Crippen LogP contribution in [0.5, 0.6) is 0 Å². The molecule has 0 unspecified atom stereocenters. The Labute approximate surface area is 131 Å². The number of carbonyl (C=O) groups is 2. The fourth-order valence-electron chi connectivity index (χ4n) is 2.28. The van der Waals surface area contributed by atoms with E-state index in [2.05, 4.69) is 15.3 Å². The summed E-state index contributed by atoms with van der Waals surface area (Å²) in [6.07, 6.45) is 1.42. The third-order valence-corrected chi connectivity index (χ3v) is 3.37. The number of carboxylic acid groups (broad SMARTS) is 1. The first-order valence-electron chi connectivity index (χ1n) is 6.92. The molecule has 0 aliphatic rings. The molecule has 6 nitrogen and oxygen atoms in total. The number of carboxylic acids is 1. The number of nitrogens with one attached hydrogen (secondary N) is 1. The number of fused-ring (bicyclic) bond motifs is 1. The van der Waals surface area contributed by atoms with Crippen LogP contribution in [0.15, 0.2) is 48.7 Å². The average molecular weight is 307 g/mol. The number of aromatic carboxylic acids is 1. The summed E-state index contributed by atoms with van der Waals surface area (Å²) in [7, 11) is 0. The van der Waals surface area contributed by atoms with Crippen molar-refractivity contribution in [3.63, 3.8) is 0 Å². The third kappa shape index (κ3) is 2.87. The predicted octanol–water partition coefficient (Wildman–Crippen LogP) is 2.89. The number of aromatic nitrogens is 2. The van der Waals surface area contributed by atoms with E-state index in [9.17, 15) is 9.59 Å². The van der Waals surface area contributed by atoms with Crippen molar-refractivity contribution >= 4 is 28.6 Å². The fourth-order valence-corrected chi connectivity index (χ4v) is 2.28. The van der Waals surface area contributed by atoms with Crippen LogP contribution < -0.4 is 5.32 Å². The van der Waals surface area contributed by atoms with E-state index in [0.29, 0.717) is 11.1 Å². The van der Waals surface area contributed by atoms with Crippen LogP contribution in [-0.2, 0) is 0 Å². The molecule has 2 aromatic heterocycles. The summed E-state index contributed by atoms with van der Waals surface area (Å²) in [6, 6.07) is 11.9. The van der Waals surface area contributed by atoms with Crippen molar-refractivity contribution in [2.45, 2.75) is 6.92 Å². The maximum Gasteiger partial charge on any atom is 0.339 e. The van der Waals surface area contributed by atoms with Crippen LogP contribution >= 0.6 is 0 Å². The average Bonchev–Trinajstić information content (AvgIpc) is 2.54. The molecule has 114 valence electrons. The Morgan fingerprint density at radius 3 is 2.61 bits per heavy atom. The van der Waals surface area contributed by atoms with E-state index in [1.54, 1.807) is 12.1 Å². The number of carbonyl (C=O) groups excluding carboxylic acids is 1. The van der Waals surface area contributed by atoms with Gasteiger partial charge in [0.1, 0.15) is 11.4 Å². The molecule has 1 amide bonds. The molecule has 0 fully saturated rings. The molecule has 3 aromatic rings. The first-order valence-corrected chi connectivity index (χ1v) is 6.92. The summed E-state index contributed by atoms with van der Waals surface area (Å²) in [5, 5.41) is 12.5. The molecule has 2 N–H and O–H groups in total. The highest BCUT2D eigenvalue weighted by Gasteiger charge is 2.16. The molecule has 3 rings (SSSR count). The Morgan fingerprint density at radius 2 is 1.83 bits per heavy atom. The fraction of sp³-hybridized carbons (Fsp3) is 0.0588. The second-order valence-corrected chi connectivity index (χ2v) is 4.99. The molecule has 0 aliphatic heterocycles. The number of rotatable bonds is 3. The minimum absolute atomic E-state index is 0.00894. The smallest absolute Gasteiger partial charge is 0.339 e. The van der Waals surface area contributed by atoms with Gasteiger partial charge in [-0.15, -0.1) is 0 Å². The Hall–Kier alpha value is -3.28. The van der Waals surface area contributed by atoms with E-state index in [0.717, 1.165) is 11.1 Å². The van der Waals surface area contributed by atoms with E-state index < -0.39 is 11.9 Å². The van der Waals surface area contributed by atoms with Crippen LogP contribution in [0, 0.1) is 6.92 Å². The topological polar surface area (TPSA) is 92.2 Å². The van der Waals surface area contributed by atoms with E-state index in [4.69, 9.17) is 5.11 Å². The minimum atomic E-state index is -1.15.